The van der Waals surface area contributed by atoms with Crippen molar-refractivity contribution in [1.82, 2.24) is 0 Å². The Labute approximate surface area is 182 Å². The molecule has 0 aromatic heterocycles. The Kier molecular flexibility index (Phi) is 5.64. The topological polar surface area (TPSA) is 63.6 Å². The lowest BCUT2D eigenvalue weighted by Gasteiger charge is -2.07. The Balaban J connectivity index is 1.94. The van der Waals surface area contributed by atoms with Gasteiger partial charge in [0.1, 0.15) is 0 Å². The van der Waals surface area contributed by atoms with Crippen molar-refractivity contribution in [3.8, 4) is 11.2 Å². The molecule has 0 fully saturated rings. The van der Waals surface area contributed by atoms with E-state index in [0.29, 0.717) is 5.56 Å². The van der Waals surface area contributed by atoms with E-state index in [4.69, 9.17) is 0 Å². The van der Waals surface area contributed by atoms with Crippen LogP contribution in [0.4, 0.5) is 0 Å². The summed E-state index contributed by atoms with van der Waals surface area (Å²) in [5.74, 6) is 2.83. The van der Waals surface area contributed by atoms with Crippen LogP contribution in [0.5, 0.6) is 0 Å². The monoisotopic (exact) mass is 445 g/mol. The number of fused-ring (bicyclic) bond motifs is 1. The summed E-state index contributed by atoms with van der Waals surface area (Å²) in [6, 6.07) is 27.9. The summed E-state index contributed by atoms with van der Waals surface area (Å²) in [6.07, 6.45) is 0. The zero-order chi connectivity index (χ0) is 21.9. The molecule has 0 heterocycles. The molecule has 0 aliphatic carbocycles. The molecule has 0 N–H and O–H groups in total. The van der Waals surface area contributed by atoms with Crippen LogP contribution in [0.3, 0.4) is 0 Å². The average molecular weight is 446 g/mol. The van der Waals surface area contributed by atoms with Crippen molar-refractivity contribution in [1.29, 1.82) is 0 Å². The number of hydrogen-bond donors (Lipinski definition) is 0. The molecule has 1 atom stereocenters. The van der Waals surface area contributed by atoms with Gasteiger partial charge in [-0.25, -0.2) is 4.21 Å². The highest BCUT2D eigenvalue weighted by Crippen LogP contribution is 2.24. The fourth-order valence-electron chi connectivity index (χ4n) is 3.00. The lowest BCUT2D eigenvalue weighted by atomic mass is 10.1. The van der Waals surface area contributed by atoms with Crippen molar-refractivity contribution in [2.24, 2.45) is 3.77 Å². The third-order valence-electron chi connectivity index (χ3n) is 4.67. The SMILES string of the molecule is Cc1ccc(S(=O)(=O)N=S(=O)(C#Cc2ccccc2)c2ccc3ccccc3c2)cc1. The number of nitrogens with zero attached hydrogens (tertiary/aromatic N) is 1. The maximum atomic E-state index is 13.9. The third kappa shape index (κ3) is 4.69. The van der Waals surface area contributed by atoms with Gasteiger partial charge >= 0.3 is 0 Å². The highest BCUT2D eigenvalue weighted by atomic mass is 32.3. The van der Waals surface area contributed by atoms with Crippen molar-refractivity contribution < 1.29 is 12.6 Å². The first-order valence-corrected chi connectivity index (χ1v) is 12.5. The number of rotatable bonds is 3. The van der Waals surface area contributed by atoms with Gasteiger partial charge in [0.05, 0.1) is 9.79 Å². The minimum Gasteiger partial charge on any atom is -0.230 e. The molecular formula is C25H19NO3S2. The highest BCUT2D eigenvalue weighted by Gasteiger charge is 2.20. The maximum Gasteiger partial charge on any atom is 0.291 e. The Morgan fingerprint density at radius 2 is 1.29 bits per heavy atom. The smallest absolute Gasteiger partial charge is 0.230 e. The van der Waals surface area contributed by atoms with Crippen LogP contribution in [0.1, 0.15) is 11.1 Å². The second-order valence-electron chi connectivity index (χ2n) is 6.99. The maximum absolute atomic E-state index is 13.9. The normalized spacial score (nSPS) is 13.1. The molecule has 4 rings (SSSR count). The van der Waals surface area contributed by atoms with E-state index in [1.807, 2.05) is 49.4 Å². The molecule has 0 radical (unpaired) electrons. The van der Waals surface area contributed by atoms with Crippen LogP contribution >= 0.6 is 0 Å². The third-order valence-corrected chi connectivity index (χ3v) is 8.43. The van der Waals surface area contributed by atoms with Crippen LogP contribution in [0.25, 0.3) is 10.8 Å². The second kappa shape index (κ2) is 8.38. The molecule has 0 saturated carbocycles. The van der Waals surface area contributed by atoms with E-state index < -0.39 is 19.8 Å². The van der Waals surface area contributed by atoms with E-state index in [9.17, 15) is 12.6 Å². The zero-order valence-electron chi connectivity index (χ0n) is 16.7. The van der Waals surface area contributed by atoms with Gasteiger partial charge in [-0.15, -0.1) is 0 Å². The first-order valence-electron chi connectivity index (χ1n) is 9.52. The average Bonchev–Trinajstić information content (AvgIpc) is 2.78. The van der Waals surface area contributed by atoms with Gasteiger partial charge in [0.15, 0.2) is 9.73 Å². The number of sulfonamides is 1. The van der Waals surface area contributed by atoms with Gasteiger partial charge in [-0.2, -0.15) is 8.42 Å². The second-order valence-corrected chi connectivity index (χ2v) is 10.7. The van der Waals surface area contributed by atoms with Crippen LogP contribution in [0.15, 0.2) is 111 Å². The van der Waals surface area contributed by atoms with Crippen LogP contribution in [0.2, 0.25) is 0 Å². The van der Waals surface area contributed by atoms with E-state index in [0.717, 1.165) is 16.3 Å². The van der Waals surface area contributed by atoms with Gasteiger partial charge < -0.3 is 0 Å². The molecule has 154 valence electrons. The Bertz CT molecular complexity index is 1540. The van der Waals surface area contributed by atoms with Crippen molar-refractivity contribution in [3.63, 3.8) is 0 Å². The van der Waals surface area contributed by atoms with Gasteiger partial charge in [0.2, 0.25) is 0 Å². The minimum atomic E-state index is -4.19. The van der Waals surface area contributed by atoms with Gasteiger partial charge in [-0.1, -0.05) is 75.9 Å². The van der Waals surface area contributed by atoms with Crippen LogP contribution in [-0.4, -0.2) is 12.6 Å². The van der Waals surface area contributed by atoms with E-state index in [1.165, 1.54) is 12.1 Å². The van der Waals surface area contributed by atoms with Gasteiger partial charge in [-0.05, 0) is 54.1 Å². The lowest BCUT2D eigenvalue weighted by Crippen LogP contribution is -2.05. The molecule has 4 aromatic rings. The standard InChI is InChI=1S/C25H19NO3S2/c1-20-11-14-24(15-12-20)31(28,29)26-30(27,18-17-21-7-3-2-4-8-21)25-16-13-22-9-5-6-10-23(22)19-25/h2-16,19H,1H3. The molecule has 0 saturated heterocycles. The zero-order valence-corrected chi connectivity index (χ0v) is 18.4. The Morgan fingerprint density at radius 1 is 0.677 bits per heavy atom. The Hall–Kier alpha value is -3.40. The molecule has 31 heavy (non-hydrogen) atoms. The van der Waals surface area contributed by atoms with E-state index in [1.54, 1.807) is 42.5 Å². The minimum absolute atomic E-state index is 0.0203. The molecule has 4 nitrogen and oxygen atoms in total. The van der Waals surface area contributed by atoms with E-state index in [-0.39, 0.29) is 9.79 Å². The summed E-state index contributed by atoms with van der Waals surface area (Å²) >= 11 is 0. The molecule has 0 bridgehead atoms. The van der Waals surface area contributed by atoms with Crippen molar-refractivity contribution in [2.75, 3.05) is 0 Å². The van der Waals surface area contributed by atoms with Crippen molar-refractivity contribution in [2.45, 2.75) is 16.7 Å². The fraction of sp³-hybridized carbons (Fsp3) is 0.0400. The summed E-state index contributed by atoms with van der Waals surface area (Å²) in [4.78, 5) is 0.235. The van der Waals surface area contributed by atoms with Gasteiger partial charge in [-0.3, -0.25) is 0 Å². The number of aryl methyl sites for hydroxylation is 1. The van der Waals surface area contributed by atoms with Gasteiger partial charge in [0, 0.05) is 10.8 Å². The first kappa shape index (κ1) is 20.9. The predicted octanol–water partition coefficient (Wildman–Crippen LogP) is 5.37. The summed E-state index contributed by atoms with van der Waals surface area (Å²) in [6.45, 7) is 1.86. The summed E-state index contributed by atoms with van der Waals surface area (Å²) in [5.41, 5.74) is 1.54. The number of benzene rings is 4. The molecule has 0 aliphatic heterocycles. The first-order chi connectivity index (χ1) is 14.9. The molecule has 0 spiro atoms. The molecular weight excluding hydrogens is 426 g/mol. The van der Waals surface area contributed by atoms with E-state index >= 15 is 0 Å². The Morgan fingerprint density at radius 3 is 2.00 bits per heavy atom. The largest absolute Gasteiger partial charge is 0.291 e. The summed E-state index contributed by atoms with van der Waals surface area (Å²) in [5, 5.41) is 4.44. The van der Waals surface area contributed by atoms with Crippen LogP contribution in [-0.2, 0) is 19.8 Å². The highest BCUT2D eigenvalue weighted by molar-refractivity contribution is 8.06. The molecule has 0 amide bonds. The quantitative estimate of drug-likeness (QED) is 0.398. The van der Waals surface area contributed by atoms with E-state index in [2.05, 4.69) is 14.9 Å². The van der Waals surface area contributed by atoms with Crippen molar-refractivity contribution >= 4 is 30.5 Å². The van der Waals surface area contributed by atoms with Gasteiger partial charge in [0.25, 0.3) is 10.0 Å². The number of hydrogen-bond acceptors (Lipinski definition) is 3. The molecule has 4 aromatic carbocycles. The summed E-state index contributed by atoms with van der Waals surface area (Å²) in [7, 11) is -7.79. The predicted molar refractivity (Wildman–Crippen MR) is 124 cm³/mol. The van der Waals surface area contributed by atoms with Crippen LogP contribution < -0.4 is 0 Å². The molecule has 6 heteroatoms. The molecule has 0 aliphatic rings. The van der Waals surface area contributed by atoms with Crippen molar-refractivity contribution in [3.05, 3.63) is 108 Å². The fourth-order valence-corrected chi connectivity index (χ4v) is 6.34. The summed E-state index contributed by atoms with van der Waals surface area (Å²) < 4.78 is 43.8. The van der Waals surface area contributed by atoms with Crippen LogP contribution in [0, 0.1) is 18.1 Å². The lowest BCUT2D eigenvalue weighted by molar-refractivity contribution is 0.598. The molecule has 1 unspecified atom stereocenters.